The maximum Gasteiger partial charge on any atom is 0.311 e. The number of rotatable bonds is 21. The molecule has 10 fully saturated rings. The van der Waals surface area contributed by atoms with E-state index in [2.05, 4.69) is 0 Å². The Labute approximate surface area is 480 Å². The van der Waals surface area contributed by atoms with Gasteiger partial charge in [-0.05, 0) is 192 Å². The van der Waals surface area contributed by atoms with E-state index >= 15 is 0 Å². The molecule has 79 heavy (non-hydrogen) atoms. The first kappa shape index (κ1) is 73.7. The van der Waals surface area contributed by atoms with Crippen molar-refractivity contribution in [1.82, 2.24) is 0 Å². The van der Waals surface area contributed by atoms with Gasteiger partial charge in [0.2, 0.25) is 0 Å². The zero-order valence-electron chi connectivity index (χ0n) is 46.1. The van der Waals surface area contributed by atoms with Gasteiger partial charge >= 0.3 is 35.8 Å². The highest BCUT2D eigenvalue weighted by Crippen LogP contribution is 2.56. The van der Waals surface area contributed by atoms with Crippen LogP contribution in [-0.4, -0.2) is 93.8 Å². The first-order chi connectivity index (χ1) is 34.8. The standard InChI is InChI=1S/C25H38O5.C17H28O5.C16H26O5.6CH4/c1-4-25(2,3)24(27)30-21-12-16-10-19(21)20(11-16)23(26)29-13-28-22-17-6-14-5-15(8-17)9-18(22)7-14;1-5-17(3,4)16(19)22-14-9-11-7-12(14)13(8-11)15(18)21-10-20-6-2;1-4-10(3)15(17)21-14-8-11-6-12(14)13(7-11)16(18)20-9-19-5-2;;;;;;/h14-22H,4-13H2,1-3H3;11-14H,5-10H2,1-4H3;10-14H,4-9H2,1-3H3;6*1H4. The predicted octanol–water partition coefficient (Wildman–Crippen LogP) is 14.0. The number of ether oxygens (including phenoxy) is 9. The molecule has 0 aliphatic heterocycles. The second-order valence-corrected chi connectivity index (χ2v) is 25.0. The fourth-order valence-corrected chi connectivity index (χ4v) is 14.4. The summed E-state index contributed by atoms with van der Waals surface area (Å²) < 4.78 is 49.4. The zero-order chi connectivity index (χ0) is 52.8. The van der Waals surface area contributed by atoms with Crippen molar-refractivity contribution in [3.05, 3.63) is 0 Å². The van der Waals surface area contributed by atoms with Gasteiger partial charge in [-0.15, -0.1) is 0 Å². The van der Waals surface area contributed by atoms with E-state index in [4.69, 9.17) is 42.6 Å². The van der Waals surface area contributed by atoms with Crippen LogP contribution in [0.3, 0.4) is 0 Å². The third-order valence-corrected chi connectivity index (χ3v) is 19.4. The highest BCUT2D eigenvalue weighted by molar-refractivity contribution is 5.78. The first-order valence-corrected chi connectivity index (χ1v) is 28.7. The first-order valence-electron chi connectivity index (χ1n) is 28.7. The van der Waals surface area contributed by atoms with Crippen LogP contribution in [0.5, 0.6) is 0 Å². The molecule has 10 rings (SSSR count). The lowest BCUT2D eigenvalue weighted by Gasteiger charge is -2.53. The molecule has 0 aromatic rings. The van der Waals surface area contributed by atoms with E-state index in [1.54, 1.807) is 0 Å². The normalized spacial score (nSPS) is 33.6. The number of esters is 6. The van der Waals surface area contributed by atoms with Gasteiger partial charge in [-0.3, -0.25) is 28.8 Å². The molecule has 10 aliphatic rings. The van der Waals surface area contributed by atoms with E-state index in [1.165, 1.54) is 32.1 Å². The molecule has 13 atom stereocenters. The highest BCUT2D eigenvalue weighted by Gasteiger charge is 2.55. The lowest BCUT2D eigenvalue weighted by atomic mass is 9.55. The second-order valence-electron chi connectivity index (χ2n) is 25.0. The Hall–Kier alpha value is -3.30. The number of hydrogen-bond donors (Lipinski definition) is 0. The average Bonchev–Trinajstić information content (AvgIpc) is 4.25. The molecule has 10 bridgehead atoms. The summed E-state index contributed by atoms with van der Waals surface area (Å²) in [5.74, 6) is 3.43. The van der Waals surface area contributed by atoms with Crippen LogP contribution in [0.15, 0.2) is 0 Å². The van der Waals surface area contributed by atoms with E-state index in [-0.39, 0.29) is 167 Å². The maximum atomic E-state index is 12.8. The molecule has 0 aromatic carbocycles. The zero-order valence-corrected chi connectivity index (χ0v) is 46.1. The van der Waals surface area contributed by atoms with Crippen LogP contribution in [0.25, 0.3) is 0 Å². The van der Waals surface area contributed by atoms with E-state index in [9.17, 15) is 28.8 Å². The molecule has 0 amide bonds. The molecule has 0 heterocycles. The van der Waals surface area contributed by atoms with Crippen molar-refractivity contribution in [2.24, 2.45) is 93.7 Å². The van der Waals surface area contributed by atoms with Gasteiger partial charge in [-0.1, -0.05) is 72.3 Å². The second kappa shape index (κ2) is 32.5. The van der Waals surface area contributed by atoms with Crippen molar-refractivity contribution in [3.8, 4) is 0 Å². The van der Waals surface area contributed by atoms with Crippen LogP contribution in [0.1, 0.15) is 223 Å². The fourth-order valence-electron chi connectivity index (χ4n) is 14.4. The van der Waals surface area contributed by atoms with Crippen LogP contribution in [0.2, 0.25) is 0 Å². The van der Waals surface area contributed by atoms with Gasteiger partial charge in [0, 0.05) is 31.0 Å². The van der Waals surface area contributed by atoms with Crippen molar-refractivity contribution in [2.45, 2.75) is 247 Å². The number of hydrogen-bond acceptors (Lipinski definition) is 15. The molecule has 0 aromatic heterocycles. The van der Waals surface area contributed by atoms with Crippen molar-refractivity contribution in [3.63, 3.8) is 0 Å². The summed E-state index contributed by atoms with van der Waals surface area (Å²) in [5.41, 5.74) is -0.933. The molecule has 0 spiro atoms. The Morgan fingerprint density at radius 1 is 0.430 bits per heavy atom. The topological polar surface area (TPSA) is 185 Å². The average molecular weight is 1130 g/mol. The van der Waals surface area contributed by atoms with Gasteiger partial charge in [-0.25, -0.2) is 0 Å². The Kier molecular flexibility index (Phi) is 30.3. The van der Waals surface area contributed by atoms with Gasteiger partial charge in [0.1, 0.15) is 18.3 Å². The van der Waals surface area contributed by atoms with Crippen molar-refractivity contribution in [1.29, 1.82) is 0 Å². The molecule has 462 valence electrons. The van der Waals surface area contributed by atoms with E-state index in [0.29, 0.717) is 42.8 Å². The Morgan fingerprint density at radius 2 is 0.759 bits per heavy atom. The van der Waals surface area contributed by atoms with Crippen LogP contribution in [0.4, 0.5) is 0 Å². The summed E-state index contributed by atoms with van der Waals surface area (Å²) in [5, 5.41) is 0. The van der Waals surface area contributed by atoms with Gasteiger partial charge in [0.05, 0.1) is 40.6 Å². The maximum absolute atomic E-state index is 12.8. The van der Waals surface area contributed by atoms with Crippen molar-refractivity contribution in [2.75, 3.05) is 33.6 Å². The van der Waals surface area contributed by atoms with E-state index < -0.39 is 10.8 Å². The molecular weight excluding hydrogens is 1010 g/mol. The minimum atomic E-state index is -0.468. The van der Waals surface area contributed by atoms with E-state index in [1.807, 2.05) is 69.2 Å². The summed E-state index contributed by atoms with van der Waals surface area (Å²) >= 11 is 0. The van der Waals surface area contributed by atoms with Gasteiger partial charge < -0.3 is 42.6 Å². The summed E-state index contributed by atoms with van der Waals surface area (Å²) in [6.07, 6.45) is 16.9. The van der Waals surface area contributed by atoms with Crippen LogP contribution in [-0.2, 0) is 71.4 Å². The number of fused-ring (bicyclic) bond motifs is 6. The summed E-state index contributed by atoms with van der Waals surface area (Å²) in [7, 11) is 0. The molecule has 10 aliphatic carbocycles. The minimum absolute atomic E-state index is 0. The highest BCUT2D eigenvalue weighted by atomic mass is 16.7. The number of carbonyl (C=O) groups excluding carboxylic acids is 6. The lowest BCUT2D eigenvalue weighted by Crippen LogP contribution is -2.49. The predicted molar refractivity (Wildman–Crippen MR) is 309 cm³/mol. The molecule has 10 saturated carbocycles. The van der Waals surface area contributed by atoms with Gasteiger partial charge in [0.15, 0.2) is 20.4 Å². The summed E-state index contributed by atoms with van der Waals surface area (Å²) in [4.78, 5) is 73.8. The van der Waals surface area contributed by atoms with E-state index in [0.717, 1.165) is 88.9 Å². The Bertz CT molecular complexity index is 1870. The largest absolute Gasteiger partial charge is 0.462 e. The molecule has 0 saturated heterocycles. The molecule has 13 unspecified atom stereocenters. The molecule has 0 radical (unpaired) electrons. The van der Waals surface area contributed by atoms with Crippen molar-refractivity contribution >= 4 is 35.8 Å². The third kappa shape index (κ3) is 17.9. The number of carbonyl (C=O) groups is 6. The van der Waals surface area contributed by atoms with Gasteiger partial charge in [-0.2, -0.15) is 0 Å². The monoisotopic (exact) mass is 1120 g/mol. The van der Waals surface area contributed by atoms with Crippen molar-refractivity contribution < 1.29 is 71.4 Å². The Morgan fingerprint density at radius 3 is 1.08 bits per heavy atom. The quantitative estimate of drug-likeness (QED) is 0.0457. The SMILES string of the molecule is C.C.C.C.C.C.CCC(C)(C)C(=O)OC1CC2CC(C(=O)OCOC3C4CC5CC(C4)CC3C5)C1C2.CCOCOC(=O)C1CC2CC(OC(=O)C(C)(C)CC)C1C2.CCOCOC(=O)C1CC2CC(OC(=O)C(C)CC)C1C2. The molecule has 15 nitrogen and oxygen atoms in total. The molecule has 0 N–H and O–H groups in total. The smallest absolute Gasteiger partial charge is 0.311 e. The van der Waals surface area contributed by atoms with Crippen LogP contribution >= 0.6 is 0 Å². The van der Waals surface area contributed by atoms with Crippen LogP contribution < -0.4 is 0 Å². The summed E-state index contributed by atoms with van der Waals surface area (Å²) in [6, 6.07) is 0. The van der Waals surface area contributed by atoms with Gasteiger partial charge in [0.25, 0.3) is 0 Å². The molecular formula is C64H116O15. The summed E-state index contributed by atoms with van der Waals surface area (Å²) in [6.45, 7) is 20.4. The lowest BCUT2D eigenvalue weighted by molar-refractivity contribution is -0.193. The van der Waals surface area contributed by atoms with Crippen LogP contribution in [0, 0.1) is 93.7 Å². The molecule has 15 heteroatoms. The minimum Gasteiger partial charge on any atom is -0.462 e. The third-order valence-electron chi connectivity index (χ3n) is 19.4. The Balaban J connectivity index is 0.000000583. The fraction of sp³-hybridized carbons (Fsp3) is 0.906.